The van der Waals surface area contributed by atoms with Crippen molar-refractivity contribution >= 4 is 5.69 Å². The van der Waals surface area contributed by atoms with Crippen molar-refractivity contribution in [3.8, 4) is 0 Å². The first-order chi connectivity index (χ1) is 5.77. The topological polar surface area (TPSA) is 32.3 Å². The highest BCUT2D eigenvalue weighted by Gasteiger charge is 2.23. The zero-order valence-corrected chi connectivity index (χ0v) is 7.12. The fraction of sp³-hybridized carbons (Fsp3) is 0.400. The van der Waals surface area contributed by atoms with Gasteiger partial charge in [0, 0.05) is 5.69 Å². The predicted molar refractivity (Wildman–Crippen MR) is 49.2 cm³/mol. The summed E-state index contributed by atoms with van der Waals surface area (Å²) in [5, 5.41) is 12.6. The van der Waals surface area contributed by atoms with Crippen LogP contribution < -0.4 is 5.32 Å². The van der Waals surface area contributed by atoms with E-state index in [0.717, 1.165) is 6.42 Å². The van der Waals surface area contributed by atoms with E-state index in [-0.39, 0.29) is 12.1 Å². The molecule has 0 radical (unpaired) electrons. The van der Waals surface area contributed by atoms with Crippen LogP contribution >= 0.6 is 0 Å². The van der Waals surface area contributed by atoms with E-state index in [1.807, 2.05) is 19.1 Å². The molecule has 2 unspecified atom stereocenters. The quantitative estimate of drug-likeness (QED) is 0.656. The van der Waals surface area contributed by atoms with Gasteiger partial charge >= 0.3 is 0 Å². The third-order valence-corrected chi connectivity index (χ3v) is 2.38. The van der Waals surface area contributed by atoms with E-state index in [2.05, 4.69) is 17.4 Å². The molecule has 1 aromatic rings. The molecule has 1 aromatic carbocycles. The molecule has 0 saturated heterocycles. The first kappa shape index (κ1) is 7.62. The maximum atomic E-state index is 9.36. The maximum absolute atomic E-state index is 9.36. The summed E-state index contributed by atoms with van der Waals surface area (Å²) >= 11 is 0. The third kappa shape index (κ3) is 1.18. The van der Waals surface area contributed by atoms with Crippen LogP contribution in [0.4, 0.5) is 5.69 Å². The highest BCUT2D eigenvalue weighted by Crippen LogP contribution is 2.26. The van der Waals surface area contributed by atoms with Gasteiger partial charge in [0.1, 0.15) is 0 Å². The molecule has 0 amide bonds. The minimum absolute atomic E-state index is 0.197. The van der Waals surface area contributed by atoms with Crippen LogP contribution in [0.2, 0.25) is 0 Å². The van der Waals surface area contributed by atoms with E-state index in [9.17, 15) is 5.11 Å². The highest BCUT2D eigenvalue weighted by atomic mass is 16.3. The van der Waals surface area contributed by atoms with Gasteiger partial charge in [-0.05, 0) is 25.0 Å². The van der Waals surface area contributed by atoms with Crippen molar-refractivity contribution in [3.05, 3.63) is 29.8 Å². The van der Waals surface area contributed by atoms with Crippen LogP contribution in [0.25, 0.3) is 0 Å². The van der Waals surface area contributed by atoms with Crippen molar-refractivity contribution in [1.82, 2.24) is 0 Å². The number of hydrogen-bond acceptors (Lipinski definition) is 2. The lowest BCUT2D eigenvalue weighted by Crippen LogP contribution is -2.28. The zero-order valence-electron chi connectivity index (χ0n) is 7.12. The van der Waals surface area contributed by atoms with Gasteiger partial charge in [0.05, 0.1) is 12.1 Å². The molecule has 0 aliphatic carbocycles. The Morgan fingerprint density at radius 2 is 2.25 bits per heavy atom. The number of aliphatic hydroxyl groups is 1. The van der Waals surface area contributed by atoms with Gasteiger partial charge in [-0.1, -0.05) is 18.2 Å². The number of anilines is 1. The molecule has 0 aromatic heterocycles. The van der Waals surface area contributed by atoms with Crippen molar-refractivity contribution in [1.29, 1.82) is 0 Å². The number of aliphatic hydroxyl groups excluding tert-OH is 1. The molecule has 2 heteroatoms. The summed E-state index contributed by atoms with van der Waals surface area (Å²) in [7, 11) is 0. The van der Waals surface area contributed by atoms with Gasteiger partial charge in [-0.15, -0.1) is 0 Å². The van der Waals surface area contributed by atoms with Crippen molar-refractivity contribution in [2.45, 2.75) is 25.5 Å². The summed E-state index contributed by atoms with van der Waals surface area (Å²) in [6.45, 7) is 1.82. The normalized spacial score (nSPS) is 23.0. The highest BCUT2D eigenvalue weighted by molar-refractivity contribution is 5.56. The smallest absolute Gasteiger partial charge is 0.0716 e. The Bertz CT molecular complexity index is 258. The van der Waals surface area contributed by atoms with E-state index in [1.54, 1.807) is 0 Å². The minimum atomic E-state index is -0.280. The molecule has 0 fully saturated rings. The minimum Gasteiger partial charge on any atom is -0.391 e. The van der Waals surface area contributed by atoms with Crippen LogP contribution in [0.3, 0.4) is 0 Å². The first-order valence-electron chi connectivity index (χ1n) is 4.30. The number of para-hydroxylation sites is 1. The molecule has 2 N–H and O–H groups in total. The number of fused-ring (bicyclic) bond motifs is 1. The molecule has 1 heterocycles. The van der Waals surface area contributed by atoms with Gasteiger partial charge in [0.2, 0.25) is 0 Å². The van der Waals surface area contributed by atoms with Crippen molar-refractivity contribution in [2.75, 3.05) is 5.32 Å². The van der Waals surface area contributed by atoms with Gasteiger partial charge in [-0.25, -0.2) is 0 Å². The molecule has 1 aliphatic heterocycles. The van der Waals surface area contributed by atoms with Gasteiger partial charge in [-0.2, -0.15) is 0 Å². The number of rotatable bonds is 1. The van der Waals surface area contributed by atoms with E-state index in [4.69, 9.17) is 0 Å². The van der Waals surface area contributed by atoms with Crippen LogP contribution in [-0.4, -0.2) is 17.3 Å². The summed E-state index contributed by atoms with van der Waals surface area (Å²) in [5.74, 6) is 0. The average molecular weight is 163 g/mol. The van der Waals surface area contributed by atoms with Gasteiger partial charge in [0.25, 0.3) is 0 Å². The number of hydrogen-bond donors (Lipinski definition) is 2. The zero-order chi connectivity index (χ0) is 8.55. The second-order valence-corrected chi connectivity index (χ2v) is 3.35. The fourth-order valence-corrected chi connectivity index (χ4v) is 1.62. The van der Waals surface area contributed by atoms with Crippen LogP contribution in [0.15, 0.2) is 24.3 Å². The molecule has 0 bridgehead atoms. The Balaban J connectivity index is 2.22. The average Bonchev–Trinajstić information content (AvgIpc) is 2.46. The Kier molecular flexibility index (Phi) is 1.77. The van der Waals surface area contributed by atoms with E-state index < -0.39 is 0 Å². The van der Waals surface area contributed by atoms with Crippen molar-refractivity contribution in [2.24, 2.45) is 0 Å². The lowest BCUT2D eigenvalue weighted by atomic mass is 10.1. The molecule has 2 nitrogen and oxygen atoms in total. The molecular formula is C10H13NO. The third-order valence-electron chi connectivity index (χ3n) is 2.38. The second kappa shape index (κ2) is 2.79. The molecule has 0 saturated carbocycles. The van der Waals surface area contributed by atoms with E-state index >= 15 is 0 Å². The Labute approximate surface area is 72.2 Å². The van der Waals surface area contributed by atoms with Crippen molar-refractivity contribution < 1.29 is 5.11 Å². The molecule has 2 atom stereocenters. The summed E-state index contributed by atoms with van der Waals surface area (Å²) in [5.41, 5.74) is 2.48. The molecule has 64 valence electrons. The Hall–Kier alpha value is -1.02. The molecule has 1 aliphatic rings. The monoisotopic (exact) mass is 163 g/mol. The predicted octanol–water partition coefficient (Wildman–Crippen LogP) is 1.40. The summed E-state index contributed by atoms with van der Waals surface area (Å²) in [4.78, 5) is 0. The van der Waals surface area contributed by atoms with Gasteiger partial charge < -0.3 is 10.4 Å². The van der Waals surface area contributed by atoms with Gasteiger partial charge in [-0.3, -0.25) is 0 Å². The standard InChI is InChI=1S/C10H13NO/c1-7(12)10-6-8-4-2-3-5-9(8)11-10/h2-5,7,10-12H,6H2,1H3. The fourth-order valence-electron chi connectivity index (χ4n) is 1.62. The Morgan fingerprint density at radius 3 is 2.92 bits per heavy atom. The number of nitrogens with one attached hydrogen (secondary N) is 1. The lowest BCUT2D eigenvalue weighted by molar-refractivity contribution is 0.174. The summed E-state index contributed by atoms with van der Waals surface area (Å²) < 4.78 is 0. The molecule has 0 spiro atoms. The SMILES string of the molecule is CC(O)C1Cc2ccccc2N1. The van der Waals surface area contributed by atoms with Crippen LogP contribution in [0.5, 0.6) is 0 Å². The Morgan fingerprint density at radius 1 is 1.50 bits per heavy atom. The lowest BCUT2D eigenvalue weighted by Gasteiger charge is -2.13. The van der Waals surface area contributed by atoms with E-state index in [1.165, 1.54) is 11.3 Å². The molecule has 2 rings (SSSR count). The van der Waals surface area contributed by atoms with E-state index in [0.29, 0.717) is 0 Å². The van der Waals surface area contributed by atoms with Crippen molar-refractivity contribution in [3.63, 3.8) is 0 Å². The molecule has 12 heavy (non-hydrogen) atoms. The second-order valence-electron chi connectivity index (χ2n) is 3.35. The van der Waals surface area contributed by atoms with Crippen LogP contribution in [-0.2, 0) is 6.42 Å². The summed E-state index contributed by atoms with van der Waals surface area (Å²) in [6.07, 6.45) is 0.658. The molecular weight excluding hydrogens is 150 g/mol. The van der Waals surface area contributed by atoms with Crippen LogP contribution in [0.1, 0.15) is 12.5 Å². The summed E-state index contributed by atoms with van der Waals surface area (Å²) in [6, 6.07) is 8.39. The first-order valence-corrected chi connectivity index (χ1v) is 4.30. The maximum Gasteiger partial charge on any atom is 0.0716 e. The largest absolute Gasteiger partial charge is 0.391 e. The van der Waals surface area contributed by atoms with Crippen LogP contribution in [0, 0.1) is 0 Å². The number of benzene rings is 1. The van der Waals surface area contributed by atoms with Gasteiger partial charge in [0.15, 0.2) is 0 Å².